The molecular formula is C13H18N2O2. The first-order valence-corrected chi connectivity index (χ1v) is 5.88. The van der Waals surface area contributed by atoms with Crippen molar-refractivity contribution in [3.8, 4) is 5.75 Å². The Bertz CT molecular complexity index is 372. The Labute approximate surface area is 101 Å². The van der Waals surface area contributed by atoms with Gasteiger partial charge in [-0.3, -0.25) is 4.79 Å². The summed E-state index contributed by atoms with van der Waals surface area (Å²) in [5, 5.41) is 6.24. The lowest BCUT2D eigenvalue weighted by Crippen LogP contribution is -2.49. The van der Waals surface area contributed by atoms with Gasteiger partial charge in [0.2, 0.25) is 0 Å². The van der Waals surface area contributed by atoms with Crippen molar-refractivity contribution in [3.05, 3.63) is 30.3 Å². The molecule has 0 bridgehead atoms. The lowest BCUT2D eigenvalue weighted by molar-refractivity contribution is -0.124. The van der Waals surface area contributed by atoms with Gasteiger partial charge in [0.05, 0.1) is 5.54 Å². The van der Waals surface area contributed by atoms with Crippen LogP contribution in [-0.2, 0) is 4.79 Å². The van der Waals surface area contributed by atoms with E-state index < -0.39 is 0 Å². The number of benzene rings is 1. The van der Waals surface area contributed by atoms with Gasteiger partial charge >= 0.3 is 0 Å². The smallest absolute Gasteiger partial charge is 0.258 e. The van der Waals surface area contributed by atoms with Crippen LogP contribution in [0.2, 0.25) is 0 Å². The number of rotatable bonds is 4. The summed E-state index contributed by atoms with van der Waals surface area (Å²) < 4.78 is 5.39. The van der Waals surface area contributed by atoms with E-state index in [1.54, 1.807) is 0 Å². The van der Waals surface area contributed by atoms with Crippen molar-refractivity contribution in [1.29, 1.82) is 0 Å². The molecule has 1 saturated heterocycles. The minimum absolute atomic E-state index is 0.0691. The van der Waals surface area contributed by atoms with Gasteiger partial charge in [0, 0.05) is 6.54 Å². The SMILES string of the molecule is CC1(NC(=O)COc2ccccc2)CCNC1. The molecule has 4 nitrogen and oxygen atoms in total. The highest BCUT2D eigenvalue weighted by Crippen LogP contribution is 2.13. The summed E-state index contributed by atoms with van der Waals surface area (Å²) in [6.45, 7) is 3.90. The van der Waals surface area contributed by atoms with Crippen LogP contribution in [0.4, 0.5) is 0 Å². The largest absolute Gasteiger partial charge is 0.484 e. The molecule has 4 heteroatoms. The topological polar surface area (TPSA) is 50.4 Å². The van der Waals surface area contributed by atoms with Crippen molar-refractivity contribution >= 4 is 5.91 Å². The number of ether oxygens (including phenoxy) is 1. The summed E-state index contributed by atoms with van der Waals surface area (Å²) in [6.07, 6.45) is 0.962. The molecule has 1 aliphatic heterocycles. The van der Waals surface area contributed by atoms with E-state index in [0.29, 0.717) is 0 Å². The molecule has 1 aliphatic rings. The number of para-hydroxylation sites is 1. The van der Waals surface area contributed by atoms with Crippen molar-refractivity contribution in [1.82, 2.24) is 10.6 Å². The first-order chi connectivity index (χ1) is 8.18. The average Bonchev–Trinajstić information content (AvgIpc) is 2.74. The van der Waals surface area contributed by atoms with Crippen LogP contribution < -0.4 is 15.4 Å². The molecule has 1 amide bonds. The van der Waals surface area contributed by atoms with E-state index in [1.807, 2.05) is 37.3 Å². The summed E-state index contributed by atoms with van der Waals surface area (Å²) in [6, 6.07) is 9.36. The molecule has 2 N–H and O–H groups in total. The Morgan fingerprint density at radius 1 is 1.47 bits per heavy atom. The molecule has 1 fully saturated rings. The first-order valence-electron chi connectivity index (χ1n) is 5.88. The van der Waals surface area contributed by atoms with Gasteiger partial charge in [0.15, 0.2) is 6.61 Å². The predicted molar refractivity (Wildman–Crippen MR) is 66.0 cm³/mol. The van der Waals surface area contributed by atoms with Crippen molar-refractivity contribution in [2.24, 2.45) is 0 Å². The maximum atomic E-state index is 11.7. The quantitative estimate of drug-likeness (QED) is 0.815. The minimum Gasteiger partial charge on any atom is -0.484 e. The maximum Gasteiger partial charge on any atom is 0.258 e. The lowest BCUT2D eigenvalue weighted by Gasteiger charge is -2.24. The summed E-state index contributed by atoms with van der Waals surface area (Å²) in [4.78, 5) is 11.7. The Morgan fingerprint density at radius 3 is 2.88 bits per heavy atom. The third-order valence-electron chi connectivity index (χ3n) is 2.92. The fourth-order valence-corrected chi connectivity index (χ4v) is 1.96. The van der Waals surface area contributed by atoms with E-state index in [2.05, 4.69) is 10.6 Å². The van der Waals surface area contributed by atoms with Crippen LogP contribution in [0, 0.1) is 0 Å². The molecule has 1 aromatic carbocycles. The average molecular weight is 234 g/mol. The first kappa shape index (κ1) is 11.9. The Kier molecular flexibility index (Phi) is 3.64. The van der Waals surface area contributed by atoms with Crippen molar-refractivity contribution in [3.63, 3.8) is 0 Å². The third-order valence-corrected chi connectivity index (χ3v) is 2.92. The number of nitrogens with one attached hydrogen (secondary N) is 2. The van der Waals surface area contributed by atoms with Crippen LogP contribution in [0.15, 0.2) is 30.3 Å². The van der Waals surface area contributed by atoms with Crippen molar-refractivity contribution < 1.29 is 9.53 Å². The number of hydrogen-bond acceptors (Lipinski definition) is 3. The number of carbonyl (C=O) groups excluding carboxylic acids is 1. The molecule has 0 spiro atoms. The molecule has 2 rings (SSSR count). The standard InChI is InChI=1S/C13H18N2O2/c1-13(7-8-14-10-13)15-12(16)9-17-11-5-3-2-4-6-11/h2-6,14H,7-10H2,1H3,(H,15,16). The molecule has 0 saturated carbocycles. The van der Waals surface area contributed by atoms with Crippen LogP contribution in [0.25, 0.3) is 0 Å². The predicted octanol–water partition coefficient (Wildman–Crippen LogP) is 0.934. The van der Waals surface area contributed by atoms with Gasteiger partial charge in [-0.25, -0.2) is 0 Å². The molecule has 17 heavy (non-hydrogen) atoms. The molecule has 1 unspecified atom stereocenters. The number of hydrogen-bond donors (Lipinski definition) is 2. The molecule has 92 valence electrons. The van der Waals surface area contributed by atoms with Gasteiger partial charge < -0.3 is 15.4 Å². The fraction of sp³-hybridized carbons (Fsp3) is 0.462. The van der Waals surface area contributed by atoms with Gasteiger partial charge in [0.25, 0.3) is 5.91 Å². The van der Waals surface area contributed by atoms with E-state index in [9.17, 15) is 4.79 Å². The molecule has 0 radical (unpaired) electrons. The van der Waals surface area contributed by atoms with Gasteiger partial charge in [-0.2, -0.15) is 0 Å². The Morgan fingerprint density at radius 2 is 2.24 bits per heavy atom. The molecule has 0 aromatic heterocycles. The summed E-state index contributed by atoms with van der Waals surface area (Å²) in [5.41, 5.74) is -0.128. The highest BCUT2D eigenvalue weighted by Gasteiger charge is 2.29. The second kappa shape index (κ2) is 5.19. The molecule has 1 atom stereocenters. The third kappa shape index (κ3) is 3.46. The lowest BCUT2D eigenvalue weighted by atomic mass is 10.0. The normalized spacial score (nSPS) is 23.4. The maximum absolute atomic E-state index is 11.7. The van der Waals surface area contributed by atoms with E-state index in [-0.39, 0.29) is 18.1 Å². The van der Waals surface area contributed by atoms with Crippen LogP contribution in [-0.4, -0.2) is 31.1 Å². The molecule has 1 aromatic rings. The Balaban J connectivity index is 1.78. The van der Waals surface area contributed by atoms with Crippen LogP contribution in [0.5, 0.6) is 5.75 Å². The minimum atomic E-state index is -0.128. The highest BCUT2D eigenvalue weighted by molar-refractivity contribution is 5.78. The highest BCUT2D eigenvalue weighted by atomic mass is 16.5. The van der Waals surface area contributed by atoms with E-state index in [0.717, 1.165) is 25.3 Å². The summed E-state index contributed by atoms with van der Waals surface area (Å²) >= 11 is 0. The van der Waals surface area contributed by atoms with Crippen molar-refractivity contribution in [2.75, 3.05) is 19.7 Å². The second-order valence-electron chi connectivity index (χ2n) is 4.64. The van der Waals surface area contributed by atoms with Crippen molar-refractivity contribution in [2.45, 2.75) is 18.9 Å². The summed E-state index contributed by atoms with van der Waals surface area (Å²) in [7, 11) is 0. The number of amides is 1. The van der Waals surface area contributed by atoms with Crippen LogP contribution >= 0.6 is 0 Å². The zero-order valence-corrected chi connectivity index (χ0v) is 10.0. The molecular weight excluding hydrogens is 216 g/mol. The zero-order valence-electron chi connectivity index (χ0n) is 10.0. The fourth-order valence-electron chi connectivity index (χ4n) is 1.96. The van der Waals surface area contributed by atoms with Gasteiger partial charge in [-0.15, -0.1) is 0 Å². The monoisotopic (exact) mass is 234 g/mol. The van der Waals surface area contributed by atoms with E-state index >= 15 is 0 Å². The summed E-state index contributed by atoms with van der Waals surface area (Å²) in [5.74, 6) is 0.650. The van der Waals surface area contributed by atoms with Gasteiger partial charge in [0.1, 0.15) is 5.75 Å². The Hall–Kier alpha value is -1.55. The molecule has 0 aliphatic carbocycles. The molecule has 1 heterocycles. The van der Waals surface area contributed by atoms with E-state index in [4.69, 9.17) is 4.74 Å². The number of carbonyl (C=O) groups is 1. The van der Waals surface area contributed by atoms with Gasteiger partial charge in [-0.05, 0) is 32.0 Å². The second-order valence-corrected chi connectivity index (χ2v) is 4.64. The zero-order chi connectivity index (χ0) is 12.1. The van der Waals surface area contributed by atoms with E-state index in [1.165, 1.54) is 0 Å². The van der Waals surface area contributed by atoms with Gasteiger partial charge in [-0.1, -0.05) is 18.2 Å². The van der Waals surface area contributed by atoms with Crippen LogP contribution in [0.3, 0.4) is 0 Å². The van der Waals surface area contributed by atoms with Crippen LogP contribution in [0.1, 0.15) is 13.3 Å².